The van der Waals surface area contributed by atoms with E-state index in [1.54, 1.807) is 0 Å². The quantitative estimate of drug-likeness (QED) is 0.683. The Hall–Kier alpha value is -2.29. The zero-order valence-corrected chi connectivity index (χ0v) is 13.2. The summed E-state index contributed by atoms with van der Waals surface area (Å²) < 4.78 is 0. The number of hydrogen-bond acceptors (Lipinski definition) is 2. The van der Waals surface area contributed by atoms with E-state index in [9.17, 15) is 0 Å². The highest BCUT2D eigenvalue weighted by atomic mass is 15.2. The molecule has 0 aliphatic rings. The molecule has 0 spiro atoms. The van der Waals surface area contributed by atoms with Gasteiger partial charge in [0.15, 0.2) is 0 Å². The number of hydrogen-bond donors (Lipinski definition) is 1. The van der Waals surface area contributed by atoms with Crippen molar-refractivity contribution in [2.45, 2.75) is 13.8 Å². The fraction of sp³-hybridized carbons (Fsp3) is 0.278. The lowest BCUT2D eigenvalue weighted by Gasteiger charge is -2.26. The molecule has 21 heavy (non-hydrogen) atoms. The van der Waals surface area contributed by atoms with E-state index in [0.717, 1.165) is 12.4 Å². The van der Waals surface area contributed by atoms with Gasteiger partial charge in [0.05, 0.1) is 6.54 Å². The third kappa shape index (κ3) is 3.85. The molecule has 2 rings (SSSR count). The van der Waals surface area contributed by atoms with Gasteiger partial charge in [0.1, 0.15) is 5.84 Å². The van der Waals surface area contributed by atoms with Crippen molar-refractivity contribution in [2.75, 3.05) is 25.5 Å². The van der Waals surface area contributed by atoms with Gasteiger partial charge in [-0.1, -0.05) is 29.8 Å². The van der Waals surface area contributed by atoms with E-state index >= 15 is 0 Å². The van der Waals surface area contributed by atoms with E-state index in [1.807, 2.05) is 14.1 Å². The Morgan fingerprint density at radius 3 is 2.29 bits per heavy atom. The van der Waals surface area contributed by atoms with Crippen LogP contribution in [0.1, 0.15) is 11.1 Å². The van der Waals surface area contributed by atoms with E-state index in [-0.39, 0.29) is 0 Å². The molecule has 0 bridgehead atoms. The molecule has 0 unspecified atom stereocenters. The summed E-state index contributed by atoms with van der Waals surface area (Å²) in [5.74, 6) is 0.956. The van der Waals surface area contributed by atoms with Gasteiger partial charge in [0, 0.05) is 25.5 Å². The second kappa shape index (κ2) is 6.93. The maximum atomic E-state index is 4.30. The minimum absolute atomic E-state index is 0.722. The van der Waals surface area contributed by atoms with E-state index in [1.165, 1.54) is 22.5 Å². The van der Waals surface area contributed by atoms with E-state index in [0.29, 0.717) is 0 Å². The fourth-order valence-corrected chi connectivity index (χ4v) is 2.26. The van der Waals surface area contributed by atoms with E-state index in [2.05, 4.69) is 77.6 Å². The summed E-state index contributed by atoms with van der Waals surface area (Å²) in [5, 5.41) is 3.16. The number of anilines is 2. The molecule has 0 amide bonds. The standard InChI is InChI=1S/C18H23N3/c1-14-8-10-16(11-9-14)21(13-18(19-3)20-4)17-7-5-6-15(2)12-17/h5-12H,13H2,1-4H3,(H,19,20). The summed E-state index contributed by atoms with van der Waals surface area (Å²) >= 11 is 0. The van der Waals surface area contributed by atoms with Gasteiger partial charge in [0.2, 0.25) is 0 Å². The molecule has 0 radical (unpaired) electrons. The highest BCUT2D eigenvalue weighted by Crippen LogP contribution is 2.26. The highest BCUT2D eigenvalue weighted by molar-refractivity contribution is 5.88. The van der Waals surface area contributed by atoms with Gasteiger partial charge in [-0.3, -0.25) is 4.99 Å². The van der Waals surface area contributed by atoms with Crippen LogP contribution in [-0.2, 0) is 0 Å². The Labute approximate surface area is 127 Å². The molecule has 3 nitrogen and oxygen atoms in total. The molecule has 0 aliphatic heterocycles. The first-order valence-electron chi connectivity index (χ1n) is 7.18. The van der Waals surface area contributed by atoms with Crippen molar-refractivity contribution >= 4 is 17.2 Å². The number of rotatable bonds is 4. The second-order valence-electron chi connectivity index (χ2n) is 5.18. The summed E-state index contributed by atoms with van der Waals surface area (Å²) in [7, 11) is 3.72. The second-order valence-corrected chi connectivity index (χ2v) is 5.18. The van der Waals surface area contributed by atoms with Crippen LogP contribution in [0.25, 0.3) is 0 Å². The third-order valence-electron chi connectivity index (χ3n) is 3.53. The van der Waals surface area contributed by atoms with Crippen LogP contribution in [-0.4, -0.2) is 26.5 Å². The number of benzene rings is 2. The predicted octanol–water partition coefficient (Wildman–Crippen LogP) is 3.69. The predicted molar refractivity (Wildman–Crippen MR) is 91.8 cm³/mol. The average Bonchev–Trinajstić information content (AvgIpc) is 2.50. The van der Waals surface area contributed by atoms with Crippen LogP contribution in [0.4, 0.5) is 11.4 Å². The molecule has 0 aliphatic carbocycles. The lowest BCUT2D eigenvalue weighted by molar-refractivity contribution is 1.03. The first kappa shape index (κ1) is 15.1. The monoisotopic (exact) mass is 281 g/mol. The number of amidine groups is 1. The summed E-state index contributed by atoms with van der Waals surface area (Å²) in [6, 6.07) is 17.1. The zero-order chi connectivity index (χ0) is 15.2. The van der Waals surface area contributed by atoms with Crippen LogP contribution in [0.15, 0.2) is 53.5 Å². The smallest absolute Gasteiger partial charge is 0.116 e. The Kier molecular flexibility index (Phi) is 4.99. The van der Waals surface area contributed by atoms with Gasteiger partial charge in [0.25, 0.3) is 0 Å². The Morgan fingerprint density at radius 2 is 1.71 bits per heavy atom. The van der Waals surface area contributed by atoms with Crippen LogP contribution in [0.2, 0.25) is 0 Å². The Morgan fingerprint density at radius 1 is 1.00 bits per heavy atom. The van der Waals surface area contributed by atoms with Crippen molar-refractivity contribution in [3.63, 3.8) is 0 Å². The molecule has 2 aromatic carbocycles. The van der Waals surface area contributed by atoms with Crippen molar-refractivity contribution in [3.8, 4) is 0 Å². The van der Waals surface area contributed by atoms with Gasteiger partial charge in [-0.2, -0.15) is 0 Å². The largest absolute Gasteiger partial charge is 0.375 e. The maximum absolute atomic E-state index is 4.30. The third-order valence-corrected chi connectivity index (χ3v) is 3.53. The van der Waals surface area contributed by atoms with Crippen LogP contribution >= 0.6 is 0 Å². The SMILES string of the molecule is C/N=C(/CN(c1ccc(C)cc1)c1cccc(C)c1)NC. The zero-order valence-electron chi connectivity index (χ0n) is 13.2. The molecule has 110 valence electrons. The van der Waals surface area contributed by atoms with E-state index in [4.69, 9.17) is 0 Å². The Bertz CT molecular complexity index is 615. The molecule has 2 aromatic rings. The molecule has 0 atom stereocenters. The lowest BCUT2D eigenvalue weighted by Crippen LogP contribution is -2.33. The summed E-state index contributed by atoms with van der Waals surface area (Å²) in [6.45, 7) is 4.94. The maximum Gasteiger partial charge on any atom is 0.116 e. The number of nitrogens with one attached hydrogen (secondary N) is 1. The highest BCUT2D eigenvalue weighted by Gasteiger charge is 2.11. The van der Waals surface area contributed by atoms with Gasteiger partial charge < -0.3 is 10.2 Å². The summed E-state index contributed by atoms with van der Waals surface area (Å²) in [4.78, 5) is 6.57. The first-order chi connectivity index (χ1) is 10.1. The Balaban J connectivity index is 2.41. The number of aliphatic imine (C=N–C) groups is 1. The number of nitrogens with zero attached hydrogens (tertiary/aromatic N) is 2. The topological polar surface area (TPSA) is 27.6 Å². The summed E-state index contributed by atoms with van der Waals surface area (Å²) in [5.41, 5.74) is 4.86. The molecule has 1 N–H and O–H groups in total. The van der Waals surface area contributed by atoms with Crippen LogP contribution in [0.3, 0.4) is 0 Å². The van der Waals surface area contributed by atoms with Crippen LogP contribution < -0.4 is 10.2 Å². The number of aryl methyl sites for hydroxylation is 2. The van der Waals surface area contributed by atoms with Crippen LogP contribution in [0, 0.1) is 13.8 Å². The molecule has 0 aromatic heterocycles. The molecule has 0 heterocycles. The van der Waals surface area contributed by atoms with Gasteiger partial charge in [-0.25, -0.2) is 0 Å². The van der Waals surface area contributed by atoms with Gasteiger partial charge in [-0.05, 0) is 43.7 Å². The van der Waals surface area contributed by atoms with Crippen molar-refractivity contribution in [2.24, 2.45) is 4.99 Å². The molecule has 0 fully saturated rings. The molecule has 3 heteroatoms. The van der Waals surface area contributed by atoms with Gasteiger partial charge >= 0.3 is 0 Å². The van der Waals surface area contributed by atoms with Crippen molar-refractivity contribution in [3.05, 3.63) is 59.7 Å². The van der Waals surface area contributed by atoms with Crippen molar-refractivity contribution < 1.29 is 0 Å². The molecular weight excluding hydrogens is 258 g/mol. The lowest BCUT2D eigenvalue weighted by atomic mass is 10.1. The first-order valence-corrected chi connectivity index (χ1v) is 7.18. The van der Waals surface area contributed by atoms with Crippen molar-refractivity contribution in [1.82, 2.24) is 5.32 Å². The molecule has 0 saturated heterocycles. The minimum atomic E-state index is 0.722. The van der Waals surface area contributed by atoms with E-state index < -0.39 is 0 Å². The van der Waals surface area contributed by atoms with Crippen molar-refractivity contribution in [1.29, 1.82) is 0 Å². The molecule has 0 saturated carbocycles. The summed E-state index contributed by atoms with van der Waals surface area (Å²) in [6.07, 6.45) is 0. The fourth-order valence-electron chi connectivity index (χ4n) is 2.26. The normalized spacial score (nSPS) is 11.3. The van der Waals surface area contributed by atoms with Crippen LogP contribution in [0.5, 0.6) is 0 Å². The molecular formula is C18H23N3. The number of likely N-dealkylation sites (N-methyl/N-ethyl adjacent to an activating group) is 1. The minimum Gasteiger partial charge on any atom is -0.375 e. The van der Waals surface area contributed by atoms with Gasteiger partial charge in [-0.15, -0.1) is 0 Å². The average molecular weight is 281 g/mol.